The summed E-state index contributed by atoms with van der Waals surface area (Å²) in [6.07, 6.45) is 0. The van der Waals surface area contributed by atoms with Crippen LogP contribution < -0.4 is 15.2 Å². The van der Waals surface area contributed by atoms with Crippen LogP contribution in [0.1, 0.15) is 5.56 Å². The standard InChI is InChI=1S/C17H16N2O2/c1-11-9-12-5-3-4-6-14(12)19-17(11)21-15-8-7-13(18)10-16(15)20-2/h3-10H,18H2,1-2H3. The number of anilines is 1. The van der Waals surface area contributed by atoms with Crippen LogP contribution in [0, 0.1) is 6.92 Å². The molecule has 1 heterocycles. The van der Waals surface area contributed by atoms with Crippen LogP contribution in [0.4, 0.5) is 5.69 Å². The van der Waals surface area contributed by atoms with E-state index in [4.69, 9.17) is 15.2 Å². The van der Waals surface area contributed by atoms with Crippen molar-refractivity contribution in [3.63, 3.8) is 0 Å². The van der Waals surface area contributed by atoms with E-state index in [2.05, 4.69) is 11.1 Å². The summed E-state index contributed by atoms with van der Waals surface area (Å²) in [6.45, 7) is 1.97. The number of hydrogen-bond acceptors (Lipinski definition) is 4. The van der Waals surface area contributed by atoms with Gasteiger partial charge in [0.15, 0.2) is 11.5 Å². The number of aryl methyl sites for hydroxylation is 1. The quantitative estimate of drug-likeness (QED) is 0.739. The van der Waals surface area contributed by atoms with Crippen LogP contribution in [-0.2, 0) is 0 Å². The van der Waals surface area contributed by atoms with Crippen LogP contribution in [0.25, 0.3) is 10.9 Å². The van der Waals surface area contributed by atoms with Crippen LogP contribution in [0.5, 0.6) is 17.4 Å². The second-order valence-electron chi connectivity index (χ2n) is 4.82. The molecule has 4 nitrogen and oxygen atoms in total. The Bertz CT molecular complexity index is 800. The summed E-state index contributed by atoms with van der Waals surface area (Å²) < 4.78 is 11.2. The number of pyridine rings is 1. The Morgan fingerprint density at radius 2 is 1.81 bits per heavy atom. The van der Waals surface area contributed by atoms with E-state index < -0.39 is 0 Å². The van der Waals surface area contributed by atoms with E-state index in [1.165, 1.54) is 0 Å². The largest absolute Gasteiger partial charge is 0.493 e. The van der Waals surface area contributed by atoms with E-state index in [1.54, 1.807) is 25.3 Å². The zero-order chi connectivity index (χ0) is 14.8. The van der Waals surface area contributed by atoms with Crippen LogP contribution in [0.2, 0.25) is 0 Å². The van der Waals surface area contributed by atoms with Crippen LogP contribution in [0.15, 0.2) is 48.5 Å². The lowest BCUT2D eigenvalue weighted by Crippen LogP contribution is -1.96. The number of hydrogen-bond donors (Lipinski definition) is 1. The molecule has 0 aliphatic heterocycles. The van der Waals surface area contributed by atoms with Gasteiger partial charge in [-0.05, 0) is 31.2 Å². The molecule has 0 aliphatic rings. The highest BCUT2D eigenvalue weighted by Gasteiger charge is 2.10. The van der Waals surface area contributed by atoms with E-state index in [1.807, 2.05) is 31.2 Å². The number of nitrogens with two attached hydrogens (primary N) is 1. The van der Waals surface area contributed by atoms with Crippen molar-refractivity contribution in [1.29, 1.82) is 0 Å². The van der Waals surface area contributed by atoms with Gasteiger partial charge in [0.25, 0.3) is 0 Å². The molecule has 1 aromatic heterocycles. The van der Waals surface area contributed by atoms with E-state index in [9.17, 15) is 0 Å². The molecule has 0 saturated carbocycles. The minimum absolute atomic E-state index is 0.566. The SMILES string of the molecule is COc1cc(N)ccc1Oc1nc2ccccc2cc1C. The number of ether oxygens (including phenoxy) is 2. The lowest BCUT2D eigenvalue weighted by Gasteiger charge is -2.12. The maximum atomic E-state index is 5.90. The third-order valence-electron chi connectivity index (χ3n) is 3.26. The summed E-state index contributed by atoms with van der Waals surface area (Å²) in [6, 6.07) is 15.3. The Kier molecular flexibility index (Phi) is 3.36. The van der Waals surface area contributed by atoms with Gasteiger partial charge < -0.3 is 15.2 Å². The van der Waals surface area contributed by atoms with Crippen molar-refractivity contribution < 1.29 is 9.47 Å². The Balaban J connectivity index is 2.03. The summed E-state index contributed by atoms with van der Waals surface area (Å²) >= 11 is 0. The molecule has 0 atom stereocenters. The fraction of sp³-hybridized carbons (Fsp3) is 0.118. The minimum atomic E-state index is 0.566. The topological polar surface area (TPSA) is 57.4 Å². The van der Waals surface area contributed by atoms with Crippen molar-refractivity contribution in [2.24, 2.45) is 0 Å². The molecule has 0 bridgehead atoms. The lowest BCUT2D eigenvalue weighted by molar-refractivity contribution is 0.374. The maximum absolute atomic E-state index is 5.90. The first kappa shape index (κ1) is 13.2. The molecule has 106 valence electrons. The smallest absolute Gasteiger partial charge is 0.222 e. The third kappa shape index (κ3) is 2.60. The van der Waals surface area contributed by atoms with Crippen molar-refractivity contribution in [2.75, 3.05) is 12.8 Å². The first-order valence-electron chi connectivity index (χ1n) is 6.65. The van der Waals surface area contributed by atoms with E-state index in [0.717, 1.165) is 16.5 Å². The summed E-state index contributed by atoms with van der Waals surface area (Å²) in [5.41, 5.74) is 8.24. The first-order chi connectivity index (χ1) is 10.2. The highest BCUT2D eigenvalue weighted by Crippen LogP contribution is 2.34. The molecule has 0 radical (unpaired) electrons. The highest BCUT2D eigenvalue weighted by molar-refractivity contribution is 5.80. The molecular weight excluding hydrogens is 264 g/mol. The Morgan fingerprint density at radius 3 is 2.62 bits per heavy atom. The number of nitrogen functional groups attached to an aromatic ring is 1. The molecule has 2 N–H and O–H groups in total. The first-order valence-corrected chi connectivity index (χ1v) is 6.65. The van der Waals surface area contributed by atoms with E-state index in [-0.39, 0.29) is 0 Å². The molecule has 3 aromatic rings. The van der Waals surface area contributed by atoms with E-state index >= 15 is 0 Å². The van der Waals surface area contributed by atoms with E-state index in [0.29, 0.717) is 23.1 Å². The predicted molar refractivity (Wildman–Crippen MR) is 84.0 cm³/mol. The Hall–Kier alpha value is -2.75. The van der Waals surface area contributed by atoms with Gasteiger partial charge in [0.2, 0.25) is 5.88 Å². The summed E-state index contributed by atoms with van der Waals surface area (Å²) in [5, 5.41) is 1.09. The van der Waals surface area contributed by atoms with Gasteiger partial charge in [-0.1, -0.05) is 18.2 Å². The molecule has 0 amide bonds. The lowest BCUT2D eigenvalue weighted by atomic mass is 10.2. The molecule has 0 fully saturated rings. The highest BCUT2D eigenvalue weighted by atomic mass is 16.5. The molecule has 0 saturated heterocycles. The average Bonchev–Trinajstić information content (AvgIpc) is 2.49. The van der Waals surface area contributed by atoms with Crippen LogP contribution >= 0.6 is 0 Å². The molecule has 3 rings (SSSR count). The molecule has 0 unspecified atom stereocenters. The van der Waals surface area contributed by atoms with Gasteiger partial charge in [0.1, 0.15) is 0 Å². The van der Waals surface area contributed by atoms with Crippen molar-refractivity contribution >= 4 is 16.6 Å². The number of fused-ring (bicyclic) bond motifs is 1. The van der Waals surface area contributed by atoms with Gasteiger partial charge in [-0.15, -0.1) is 0 Å². The Morgan fingerprint density at radius 1 is 1.00 bits per heavy atom. The van der Waals surface area contributed by atoms with Gasteiger partial charge >= 0.3 is 0 Å². The number of methoxy groups -OCH3 is 1. The molecule has 2 aromatic carbocycles. The van der Waals surface area contributed by atoms with Crippen LogP contribution in [-0.4, -0.2) is 12.1 Å². The maximum Gasteiger partial charge on any atom is 0.222 e. The molecule has 21 heavy (non-hydrogen) atoms. The summed E-state index contributed by atoms with van der Waals surface area (Å²) in [4.78, 5) is 4.56. The van der Waals surface area contributed by atoms with Gasteiger partial charge in [-0.3, -0.25) is 0 Å². The van der Waals surface area contributed by atoms with Crippen molar-refractivity contribution in [1.82, 2.24) is 4.98 Å². The fourth-order valence-corrected chi connectivity index (χ4v) is 2.18. The second kappa shape index (κ2) is 5.32. The zero-order valence-corrected chi connectivity index (χ0v) is 12.0. The minimum Gasteiger partial charge on any atom is -0.493 e. The van der Waals surface area contributed by atoms with Gasteiger partial charge in [-0.2, -0.15) is 0 Å². The van der Waals surface area contributed by atoms with Gasteiger partial charge in [0, 0.05) is 22.7 Å². The molecule has 0 aliphatic carbocycles. The zero-order valence-electron chi connectivity index (χ0n) is 12.0. The normalized spacial score (nSPS) is 10.6. The van der Waals surface area contributed by atoms with Crippen molar-refractivity contribution in [3.8, 4) is 17.4 Å². The van der Waals surface area contributed by atoms with Crippen molar-refractivity contribution in [2.45, 2.75) is 6.92 Å². The number of nitrogens with zero attached hydrogens (tertiary/aromatic N) is 1. The fourth-order valence-electron chi connectivity index (χ4n) is 2.18. The Labute approximate surface area is 123 Å². The average molecular weight is 280 g/mol. The monoisotopic (exact) mass is 280 g/mol. The second-order valence-corrected chi connectivity index (χ2v) is 4.82. The molecule has 0 spiro atoms. The molecule has 4 heteroatoms. The van der Waals surface area contributed by atoms with Crippen LogP contribution in [0.3, 0.4) is 0 Å². The van der Waals surface area contributed by atoms with Crippen molar-refractivity contribution in [3.05, 3.63) is 54.1 Å². The molecular formula is C17H16N2O2. The summed E-state index contributed by atoms with van der Waals surface area (Å²) in [7, 11) is 1.59. The van der Waals surface area contributed by atoms with Gasteiger partial charge in [-0.25, -0.2) is 4.98 Å². The number of benzene rings is 2. The summed E-state index contributed by atoms with van der Waals surface area (Å²) in [5.74, 6) is 1.75. The predicted octanol–water partition coefficient (Wildman–Crippen LogP) is 3.93. The third-order valence-corrected chi connectivity index (χ3v) is 3.26. The number of para-hydroxylation sites is 1. The number of aromatic nitrogens is 1. The number of rotatable bonds is 3. The van der Waals surface area contributed by atoms with Gasteiger partial charge in [0.05, 0.1) is 12.6 Å².